The van der Waals surface area contributed by atoms with Crippen LogP contribution in [0.3, 0.4) is 0 Å². The fourth-order valence-corrected chi connectivity index (χ4v) is 2.85. The molecule has 0 fully saturated rings. The van der Waals surface area contributed by atoms with Crippen LogP contribution in [0.4, 0.5) is 0 Å². The molecule has 0 aliphatic rings. The van der Waals surface area contributed by atoms with Gasteiger partial charge in [0.15, 0.2) is 10.8 Å². The Morgan fingerprint density at radius 2 is 2.14 bits per heavy atom. The summed E-state index contributed by atoms with van der Waals surface area (Å²) in [4.78, 5) is 21.7. The Hall–Kier alpha value is -2.41. The standard InChI is InChI=1S/C15H15N3O3S/c1-8-9(2)21-12(17-8)7-16-14(19)13-10(3)22-15(18-13)11-5-4-6-20-11/h4-6H,7H2,1-3H3,(H,16,19). The number of amides is 1. The van der Waals surface area contributed by atoms with Crippen molar-refractivity contribution in [3.8, 4) is 10.8 Å². The van der Waals surface area contributed by atoms with Crippen LogP contribution in [0.15, 0.2) is 27.2 Å². The molecule has 0 saturated heterocycles. The number of carbonyl (C=O) groups excluding carboxylic acids is 1. The number of thiazole rings is 1. The number of nitrogens with one attached hydrogen (secondary N) is 1. The second-order valence-electron chi connectivity index (χ2n) is 4.83. The Balaban J connectivity index is 1.72. The fraction of sp³-hybridized carbons (Fsp3) is 0.267. The number of hydrogen-bond acceptors (Lipinski definition) is 6. The van der Waals surface area contributed by atoms with Gasteiger partial charge in [0.2, 0.25) is 5.89 Å². The van der Waals surface area contributed by atoms with E-state index < -0.39 is 0 Å². The maximum absolute atomic E-state index is 12.2. The minimum atomic E-state index is -0.250. The molecule has 114 valence electrons. The van der Waals surface area contributed by atoms with Crippen molar-refractivity contribution in [1.82, 2.24) is 15.3 Å². The first kappa shape index (κ1) is 14.5. The van der Waals surface area contributed by atoms with Crippen LogP contribution in [0, 0.1) is 20.8 Å². The summed E-state index contributed by atoms with van der Waals surface area (Å²) >= 11 is 1.42. The Kier molecular flexibility index (Phi) is 3.81. The first-order chi connectivity index (χ1) is 10.5. The normalized spacial score (nSPS) is 10.9. The molecule has 6 nitrogen and oxygen atoms in total. The zero-order chi connectivity index (χ0) is 15.7. The molecular formula is C15H15N3O3S. The van der Waals surface area contributed by atoms with Crippen LogP contribution in [0.25, 0.3) is 10.8 Å². The summed E-state index contributed by atoms with van der Waals surface area (Å²) in [5, 5.41) is 3.46. The summed E-state index contributed by atoms with van der Waals surface area (Å²) in [6.07, 6.45) is 1.58. The van der Waals surface area contributed by atoms with Gasteiger partial charge in [-0.05, 0) is 32.9 Å². The number of rotatable bonds is 4. The van der Waals surface area contributed by atoms with Crippen molar-refractivity contribution in [2.75, 3.05) is 0 Å². The van der Waals surface area contributed by atoms with Crippen molar-refractivity contribution in [2.45, 2.75) is 27.3 Å². The van der Waals surface area contributed by atoms with E-state index in [2.05, 4.69) is 15.3 Å². The smallest absolute Gasteiger partial charge is 0.271 e. The third-order valence-electron chi connectivity index (χ3n) is 3.22. The van der Waals surface area contributed by atoms with Crippen LogP contribution >= 0.6 is 11.3 Å². The van der Waals surface area contributed by atoms with Gasteiger partial charge in [-0.25, -0.2) is 9.97 Å². The van der Waals surface area contributed by atoms with Gasteiger partial charge in [0, 0.05) is 4.88 Å². The molecule has 0 atom stereocenters. The van der Waals surface area contributed by atoms with Gasteiger partial charge in [0.25, 0.3) is 5.91 Å². The minimum Gasteiger partial charge on any atom is -0.462 e. The summed E-state index contributed by atoms with van der Waals surface area (Å²) in [6, 6.07) is 3.61. The number of carbonyl (C=O) groups is 1. The van der Waals surface area contributed by atoms with Crippen LogP contribution in [-0.2, 0) is 6.54 Å². The van der Waals surface area contributed by atoms with Gasteiger partial charge in [-0.3, -0.25) is 4.79 Å². The maximum Gasteiger partial charge on any atom is 0.271 e. The Morgan fingerprint density at radius 3 is 2.77 bits per heavy atom. The first-order valence-corrected chi connectivity index (χ1v) is 7.58. The summed E-state index contributed by atoms with van der Waals surface area (Å²) in [5.74, 6) is 1.66. The van der Waals surface area contributed by atoms with Crippen LogP contribution in [-0.4, -0.2) is 15.9 Å². The van der Waals surface area contributed by atoms with E-state index in [4.69, 9.17) is 8.83 Å². The Bertz CT molecular complexity index is 783. The average molecular weight is 317 g/mol. The van der Waals surface area contributed by atoms with E-state index in [9.17, 15) is 4.79 Å². The van der Waals surface area contributed by atoms with Crippen LogP contribution in [0.1, 0.15) is 32.7 Å². The van der Waals surface area contributed by atoms with Gasteiger partial charge in [-0.15, -0.1) is 11.3 Å². The largest absolute Gasteiger partial charge is 0.462 e. The summed E-state index contributed by atoms with van der Waals surface area (Å²) in [7, 11) is 0. The van der Waals surface area contributed by atoms with Gasteiger partial charge < -0.3 is 14.2 Å². The van der Waals surface area contributed by atoms with Gasteiger partial charge >= 0.3 is 0 Å². The van der Waals surface area contributed by atoms with E-state index in [1.807, 2.05) is 26.8 Å². The van der Waals surface area contributed by atoms with E-state index in [-0.39, 0.29) is 12.5 Å². The number of aromatic nitrogens is 2. The number of aryl methyl sites for hydroxylation is 3. The van der Waals surface area contributed by atoms with Crippen LogP contribution in [0.2, 0.25) is 0 Å². The zero-order valence-electron chi connectivity index (χ0n) is 12.5. The van der Waals surface area contributed by atoms with Crippen molar-refractivity contribution >= 4 is 17.2 Å². The third kappa shape index (κ3) is 2.80. The van der Waals surface area contributed by atoms with E-state index in [0.29, 0.717) is 22.4 Å². The lowest BCUT2D eigenvalue weighted by Crippen LogP contribution is -2.24. The molecule has 3 aromatic rings. The van der Waals surface area contributed by atoms with Gasteiger partial charge in [-0.2, -0.15) is 0 Å². The molecule has 0 spiro atoms. The van der Waals surface area contributed by atoms with E-state index in [1.165, 1.54) is 11.3 Å². The molecule has 0 unspecified atom stereocenters. The highest BCUT2D eigenvalue weighted by Crippen LogP contribution is 2.27. The molecule has 0 aromatic carbocycles. The lowest BCUT2D eigenvalue weighted by atomic mass is 10.3. The molecule has 1 amide bonds. The van der Waals surface area contributed by atoms with E-state index in [1.54, 1.807) is 12.3 Å². The van der Waals surface area contributed by atoms with Crippen LogP contribution < -0.4 is 5.32 Å². The average Bonchev–Trinajstić information content (AvgIpc) is 3.18. The SMILES string of the molecule is Cc1nc(CNC(=O)c2nc(-c3ccco3)sc2C)oc1C. The maximum atomic E-state index is 12.2. The molecule has 3 rings (SSSR count). The molecule has 0 radical (unpaired) electrons. The highest BCUT2D eigenvalue weighted by molar-refractivity contribution is 7.15. The van der Waals surface area contributed by atoms with Crippen molar-refractivity contribution in [3.05, 3.63) is 46.3 Å². The molecule has 0 bridgehead atoms. The highest BCUT2D eigenvalue weighted by atomic mass is 32.1. The molecule has 1 N–H and O–H groups in total. The number of hydrogen-bond donors (Lipinski definition) is 1. The Morgan fingerprint density at radius 1 is 1.32 bits per heavy atom. The lowest BCUT2D eigenvalue weighted by molar-refractivity contribution is 0.0942. The molecule has 0 saturated carbocycles. The van der Waals surface area contributed by atoms with Crippen molar-refractivity contribution < 1.29 is 13.6 Å². The molecule has 3 aromatic heterocycles. The van der Waals surface area contributed by atoms with Crippen molar-refractivity contribution in [3.63, 3.8) is 0 Å². The number of nitrogens with zero attached hydrogens (tertiary/aromatic N) is 2. The number of furan rings is 1. The monoisotopic (exact) mass is 317 g/mol. The Labute approximate surface area is 131 Å². The minimum absolute atomic E-state index is 0.237. The van der Waals surface area contributed by atoms with Crippen molar-refractivity contribution in [1.29, 1.82) is 0 Å². The molecule has 0 aliphatic heterocycles. The molecular weight excluding hydrogens is 302 g/mol. The second kappa shape index (κ2) is 5.76. The molecule has 0 aliphatic carbocycles. The molecule has 7 heteroatoms. The van der Waals surface area contributed by atoms with Gasteiger partial charge in [-0.1, -0.05) is 0 Å². The van der Waals surface area contributed by atoms with Crippen molar-refractivity contribution in [2.24, 2.45) is 0 Å². The number of oxazole rings is 1. The predicted octanol–water partition coefficient (Wildman–Crippen LogP) is 3.25. The topological polar surface area (TPSA) is 81.2 Å². The quantitative estimate of drug-likeness (QED) is 0.799. The van der Waals surface area contributed by atoms with Crippen LogP contribution in [0.5, 0.6) is 0 Å². The predicted molar refractivity (Wildman–Crippen MR) is 81.7 cm³/mol. The third-order valence-corrected chi connectivity index (χ3v) is 4.20. The second-order valence-corrected chi connectivity index (χ2v) is 6.04. The van der Waals surface area contributed by atoms with Gasteiger partial charge in [0.1, 0.15) is 11.5 Å². The zero-order valence-corrected chi connectivity index (χ0v) is 13.3. The van der Waals surface area contributed by atoms with E-state index in [0.717, 1.165) is 16.3 Å². The van der Waals surface area contributed by atoms with Gasteiger partial charge in [0.05, 0.1) is 18.5 Å². The first-order valence-electron chi connectivity index (χ1n) is 6.77. The molecule has 3 heterocycles. The summed E-state index contributed by atoms with van der Waals surface area (Å²) in [5.41, 5.74) is 1.23. The molecule has 22 heavy (non-hydrogen) atoms. The fourth-order valence-electron chi connectivity index (χ4n) is 1.97. The summed E-state index contributed by atoms with van der Waals surface area (Å²) in [6.45, 7) is 5.80. The highest BCUT2D eigenvalue weighted by Gasteiger charge is 2.18. The summed E-state index contributed by atoms with van der Waals surface area (Å²) < 4.78 is 10.7. The van der Waals surface area contributed by atoms with E-state index >= 15 is 0 Å². The lowest BCUT2D eigenvalue weighted by Gasteiger charge is -2.00.